The van der Waals surface area contributed by atoms with Gasteiger partial charge < -0.3 is 14.6 Å². The molecule has 25 heavy (non-hydrogen) atoms. The maximum absolute atomic E-state index is 5.59. The highest BCUT2D eigenvalue weighted by Gasteiger charge is 2.29. The van der Waals surface area contributed by atoms with Crippen LogP contribution in [0, 0.1) is 0 Å². The summed E-state index contributed by atoms with van der Waals surface area (Å²) in [6.45, 7) is 3.72. The molecule has 1 aliphatic heterocycles. The highest BCUT2D eigenvalue weighted by atomic mass is 16.5. The maximum atomic E-state index is 5.59. The first-order valence-electron chi connectivity index (χ1n) is 9.25. The van der Waals surface area contributed by atoms with E-state index in [-0.39, 0.29) is 0 Å². The van der Waals surface area contributed by atoms with E-state index in [4.69, 9.17) is 9.26 Å². The number of ether oxygens (including phenoxy) is 1. The van der Waals surface area contributed by atoms with Gasteiger partial charge in [-0.1, -0.05) is 23.4 Å². The van der Waals surface area contributed by atoms with E-state index in [1.165, 1.54) is 31.2 Å². The number of aromatic nitrogens is 2. The van der Waals surface area contributed by atoms with Crippen LogP contribution < -0.4 is 10.1 Å². The van der Waals surface area contributed by atoms with E-state index in [1.54, 1.807) is 7.11 Å². The van der Waals surface area contributed by atoms with Crippen LogP contribution in [-0.4, -0.2) is 41.8 Å². The minimum Gasteiger partial charge on any atom is -0.496 e. The summed E-state index contributed by atoms with van der Waals surface area (Å²) in [6, 6.07) is 8.61. The van der Waals surface area contributed by atoms with Crippen LogP contribution >= 0.6 is 0 Å². The van der Waals surface area contributed by atoms with Crippen molar-refractivity contribution in [3.63, 3.8) is 0 Å². The largest absolute Gasteiger partial charge is 0.496 e. The molecular weight excluding hydrogens is 316 g/mol. The minimum absolute atomic E-state index is 0.296. The predicted molar refractivity (Wildman–Crippen MR) is 94.5 cm³/mol. The Bertz CT molecular complexity index is 692. The molecular formula is C19H26N4O2. The molecule has 2 aliphatic rings. The molecule has 1 aliphatic carbocycles. The fraction of sp³-hybridized carbons (Fsp3) is 0.579. The number of hydrogen-bond donors (Lipinski definition) is 1. The van der Waals surface area contributed by atoms with Gasteiger partial charge in [-0.25, -0.2) is 0 Å². The summed E-state index contributed by atoms with van der Waals surface area (Å²) in [6.07, 6.45) is 4.91. The van der Waals surface area contributed by atoms with Gasteiger partial charge in [-0.3, -0.25) is 4.90 Å². The van der Waals surface area contributed by atoms with Crippen LogP contribution in [0.3, 0.4) is 0 Å². The van der Waals surface area contributed by atoms with E-state index in [2.05, 4.69) is 32.5 Å². The Morgan fingerprint density at radius 2 is 2.08 bits per heavy atom. The van der Waals surface area contributed by atoms with Crippen molar-refractivity contribution in [3.05, 3.63) is 41.5 Å². The molecule has 2 aromatic rings. The second-order valence-corrected chi connectivity index (χ2v) is 6.95. The molecule has 2 fully saturated rings. The average molecular weight is 342 g/mol. The summed E-state index contributed by atoms with van der Waals surface area (Å²) in [7, 11) is 1.74. The van der Waals surface area contributed by atoms with Gasteiger partial charge in [0.1, 0.15) is 5.75 Å². The van der Waals surface area contributed by atoms with E-state index >= 15 is 0 Å². The van der Waals surface area contributed by atoms with Crippen LogP contribution in [0.2, 0.25) is 0 Å². The summed E-state index contributed by atoms with van der Waals surface area (Å²) in [5.74, 6) is 3.04. The molecule has 0 radical (unpaired) electrons. The Hall–Kier alpha value is -1.92. The molecule has 134 valence electrons. The zero-order chi connectivity index (χ0) is 17.1. The van der Waals surface area contributed by atoms with Crippen molar-refractivity contribution in [2.45, 2.75) is 44.2 Å². The lowest BCUT2D eigenvalue weighted by Crippen LogP contribution is -2.34. The standard InChI is InChI=1S/C19H26N4O2/c1-24-17-7-3-2-6-15(17)16(23-10-4-5-11-23)12-20-13-18-21-19(22-25-18)14-8-9-14/h2-3,6-7,14,16,20H,4-5,8-13H2,1H3/t16-/m0/s1. The summed E-state index contributed by atoms with van der Waals surface area (Å²) in [5.41, 5.74) is 1.24. The minimum atomic E-state index is 0.296. The zero-order valence-corrected chi connectivity index (χ0v) is 14.8. The molecule has 1 saturated carbocycles. The molecule has 0 spiro atoms. The Morgan fingerprint density at radius 1 is 1.28 bits per heavy atom. The van der Waals surface area contributed by atoms with Crippen molar-refractivity contribution in [3.8, 4) is 5.75 Å². The number of methoxy groups -OCH3 is 1. The Balaban J connectivity index is 1.42. The first-order valence-corrected chi connectivity index (χ1v) is 9.25. The van der Waals surface area contributed by atoms with Crippen molar-refractivity contribution in [2.24, 2.45) is 0 Å². The number of hydrogen-bond acceptors (Lipinski definition) is 6. The van der Waals surface area contributed by atoms with E-state index < -0.39 is 0 Å². The van der Waals surface area contributed by atoms with Gasteiger partial charge in [0.05, 0.1) is 19.7 Å². The number of para-hydroxylation sites is 1. The Kier molecular flexibility index (Phi) is 4.99. The lowest BCUT2D eigenvalue weighted by molar-refractivity contribution is 0.230. The average Bonchev–Trinajstić information content (AvgIpc) is 3.16. The molecule has 2 heterocycles. The highest BCUT2D eigenvalue weighted by Crippen LogP contribution is 2.38. The topological polar surface area (TPSA) is 63.4 Å². The monoisotopic (exact) mass is 342 g/mol. The smallest absolute Gasteiger partial charge is 0.240 e. The third-order valence-electron chi connectivity index (χ3n) is 5.12. The molecule has 1 aromatic heterocycles. The normalized spacial score (nSPS) is 19.2. The van der Waals surface area contributed by atoms with Crippen LogP contribution in [0.4, 0.5) is 0 Å². The third-order valence-corrected chi connectivity index (χ3v) is 5.12. The molecule has 6 nitrogen and oxygen atoms in total. The summed E-state index contributed by atoms with van der Waals surface area (Å²) >= 11 is 0. The van der Waals surface area contributed by atoms with Crippen molar-refractivity contribution < 1.29 is 9.26 Å². The molecule has 1 N–H and O–H groups in total. The van der Waals surface area contributed by atoms with Crippen LogP contribution in [0.5, 0.6) is 5.75 Å². The number of nitrogens with zero attached hydrogens (tertiary/aromatic N) is 3. The molecule has 1 atom stereocenters. The van der Waals surface area contributed by atoms with Crippen molar-refractivity contribution in [1.29, 1.82) is 0 Å². The molecule has 1 aromatic carbocycles. The van der Waals surface area contributed by atoms with Crippen LogP contribution in [0.25, 0.3) is 0 Å². The molecule has 0 unspecified atom stereocenters. The number of rotatable bonds is 8. The van der Waals surface area contributed by atoms with Gasteiger partial charge in [-0.05, 0) is 44.8 Å². The summed E-state index contributed by atoms with van der Waals surface area (Å²) in [4.78, 5) is 7.03. The second kappa shape index (κ2) is 7.54. The molecule has 6 heteroatoms. The lowest BCUT2D eigenvalue weighted by Gasteiger charge is -2.29. The van der Waals surface area contributed by atoms with E-state index in [1.807, 2.05) is 12.1 Å². The fourth-order valence-electron chi connectivity index (χ4n) is 3.59. The van der Waals surface area contributed by atoms with E-state index in [0.717, 1.165) is 31.2 Å². The van der Waals surface area contributed by atoms with Gasteiger partial charge in [0.25, 0.3) is 0 Å². The number of likely N-dealkylation sites (tertiary alicyclic amines) is 1. The highest BCUT2D eigenvalue weighted by molar-refractivity contribution is 5.36. The maximum Gasteiger partial charge on any atom is 0.240 e. The van der Waals surface area contributed by atoms with Crippen LogP contribution in [0.1, 0.15) is 54.9 Å². The van der Waals surface area contributed by atoms with Gasteiger partial charge in [-0.2, -0.15) is 4.98 Å². The third kappa shape index (κ3) is 3.85. The van der Waals surface area contributed by atoms with Gasteiger partial charge in [0.15, 0.2) is 5.82 Å². The van der Waals surface area contributed by atoms with Crippen molar-refractivity contribution >= 4 is 0 Å². The van der Waals surface area contributed by atoms with E-state index in [9.17, 15) is 0 Å². The summed E-state index contributed by atoms with van der Waals surface area (Å²) in [5, 5.41) is 7.59. The van der Waals surface area contributed by atoms with E-state index in [0.29, 0.717) is 24.4 Å². The zero-order valence-electron chi connectivity index (χ0n) is 14.8. The Morgan fingerprint density at radius 3 is 2.84 bits per heavy atom. The van der Waals surface area contributed by atoms with Crippen molar-refractivity contribution in [2.75, 3.05) is 26.7 Å². The van der Waals surface area contributed by atoms with Crippen molar-refractivity contribution in [1.82, 2.24) is 20.4 Å². The van der Waals surface area contributed by atoms with Gasteiger partial charge in [0.2, 0.25) is 5.89 Å². The number of nitrogens with one attached hydrogen (secondary N) is 1. The molecule has 4 rings (SSSR count). The van der Waals surface area contributed by atoms with Crippen LogP contribution in [-0.2, 0) is 6.54 Å². The summed E-state index contributed by atoms with van der Waals surface area (Å²) < 4.78 is 11.0. The number of benzene rings is 1. The molecule has 1 saturated heterocycles. The first kappa shape index (κ1) is 16.5. The SMILES string of the molecule is COc1ccccc1[C@H](CNCc1nc(C2CC2)no1)N1CCCC1. The molecule has 0 bridgehead atoms. The van der Waals surface area contributed by atoms with Gasteiger partial charge in [-0.15, -0.1) is 0 Å². The van der Waals surface area contributed by atoms with Crippen LogP contribution in [0.15, 0.2) is 28.8 Å². The first-order chi connectivity index (χ1) is 12.3. The van der Waals surface area contributed by atoms with Gasteiger partial charge >= 0.3 is 0 Å². The van der Waals surface area contributed by atoms with Gasteiger partial charge in [0, 0.05) is 18.0 Å². The Labute approximate surface area is 148 Å². The predicted octanol–water partition coefficient (Wildman–Crippen LogP) is 2.88. The second-order valence-electron chi connectivity index (χ2n) is 6.95. The molecule has 0 amide bonds. The lowest BCUT2D eigenvalue weighted by atomic mass is 10.0. The fourth-order valence-corrected chi connectivity index (χ4v) is 3.59. The quantitative estimate of drug-likeness (QED) is 0.796.